The van der Waals surface area contributed by atoms with Gasteiger partial charge in [-0.05, 0) is 23.4 Å². The van der Waals surface area contributed by atoms with E-state index in [9.17, 15) is 9.59 Å². The summed E-state index contributed by atoms with van der Waals surface area (Å²) >= 11 is 2.83. The zero-order chi connectivity index (χ0) is 18.8. The summed E-state index contributed by atoms with van der Waals surface area (Å²) in [6.07, 6.45) is 0. The first-order valence-corrected chi connectivity index (χ1v) is 9.58. The number of amides is 1. The number of aromatic nitrogens is 3. The Kier molecular flexibility index (Phi) is 5.19. The number of carbonyl (C=O) groups excluding carboxylic acids is 2. The molecule has 0 spiro atoms. The Labute approximate surface area is 158 Å². The van der Waals surface area contributed by atoms with Crippen molar-refractivity contribution < 1.29 is 14.3 Å². The molecule has 0 atom stereocenters. The van der Waals surface area contributed by atoms with E-state index in [1.54, 1.807) is 24.5 Å². The third-order valence-corrected chi connectivity index (χ3v) is 5.83. The molecule has 26 heavy (non-hydrogen) atoms. The molecule has 9 heteroatoms. The van der Waals surface area contributed by atoms with Crippen LogP contribution in [0.15, 0.2) is 23.6 Å². The second kappa shape index (κ2) is 7.38. The molecule has 0 saturated carbocycles. The number of rotatable bonds is 5. The molecule has 7 nitrogen and oxygen atoms in total. The van der Waals surface area contributed by atoms with Gasteiger partial charge in [-0.25, -0.2) is 9.78 Å². The van der Waals surface area contributed by atoms with Crippen molar-refractivity contribution in [3.8, 4) is 10.6 Å². The van der Waals surface area contributed by atoms with Crippen molar-refractivity contribution in [2.45, 2.75) is 19.8 Å². The lowest BCUT2D eigenvalue weighted by Gasteiger charge is -2.02. The maximum Gasteiger partial charge on any atom is 0.357 e. The van der Waals surface area contributed by atoms with E-state index >= 15 is 0 Å². The first kappa shape index (κ1) is 18.3. The lowest BCUT2D eigenvalue weighted by Crippen LogP contribution is -2.16. The van der Waals surface area contributed by atoms with Crippen LogP contribution in [0.5, 0.6) is 0 Å². The Bertz CT molecular complexity index is 942. The minimum atomic E-state index is -0.508. The average molecular weight is 390 g/mol. The van der Waals surface area contributed by atoms with Crippen LogP contribution in [0.25, 0.3) is 10.6 Å². The van der Waals surface area contributed by atoms with Gasteiger partial charge in [0.25, 0.3) is 5.91 Å². The molecular formula is C17H18N4O3S2. The van der Waals surface area contributed by atoms with Gasteiger partial charge in [0.05, 0.1) is 12.0 Å². The predicted octanol–water partition coefficient (Wildman–Crippen LogP) is 3.77. The third kappa shape index (κ3) is 3.54. The zero-order valence-electron chi connectivity index (χ0n) is 14.8. The second-order valence-electron chi connectivity index (χ2n) is 5.85. The smallest absolute Gasteiger partial charge is 0.357 e. The summed E-state index contributed by atoms with van der Waals surface area (Å²) in [7, 11) is 3.03. The van der Waals surface area contributed by atoms with Crippen LogP contribution in [0.1, 0.15) is 45.6 Å². The van der Waals surface area contributed by atoms with E-state index in [1.807, 2.05) is 31.4 Å². The van der Waals surface area contributed by atoms with E-state index in [-0.39, 0.29) is 17.5 Å². The highest BCUT2D eigenvalue weighted by Crippen LogP contribution is 2.31. The number of esters is 1. The van der Waals surface area contributed by atoms with Crippen molar-refractivity contribution in [3.05, 3.63) is 39.8 Å². The van der Waals surface area contributed by atoms with Gasteiger partial charge in [-0.15, -0.1) is 22.7 Å². The molecule has 1 N–H and O–H groups in total. The van der Waals surface area contributed by atoms with Crippen molar-refractivity contribution in [1.29, 1.82) is 0 Å². The van der Waals surface area contributed by atoms with Crippen LogP contribution in [0.4, 0.5) is 5.13 Å². The van der Waals surface area contributed by atoms with Gasteiger partial charge in [0.15, 0.2) is 10.8 Å². The second-order valence-corrected chi connectivity index (χ2v) is 7.83. The molecule has 0 saturated heterocycles. The van der Waals surface area contributed by atoms with Crippen molar-refractivity contribution in [3.63, 3.8) is 0 Å². The molecule has 0 aliphatic carbocycles. The van der Waals surface area contributed by atoms with Crippen LogP contribution in [0, 0.1) is 0 Å². The summed E-state index contributed by atoms with van der Waals surface area (Å²) in [6.45, 7) is 3.92. The topological polar surface area (TPSA) is 86.1 Å². The summed E-state index contributed by atoms with van der Waals surface area (Å²) in [4.78, 5) is 30.5. The van der Waals surface area contributed by atoms with Gasteiger partial charge in [0.1, 0.15) is 11.4 Å². The molecule has 0 aromatic carbocycles. The highest BCUT2D eigenvalue weighted by atomic mass is 32.1. The summed E-state index contributed by atoms with van der Waals surface area (Å²) < 4.78 is 6.30. The number of methoxy groups -OCH3 is 1. The van der Waals surface area contributed by atoms with Crippen molar-refractivity contribution >= 4 is 39.7 Å². The van der Waals surface area contributed by atoms with Crippen molar-refractivity contribution in [2.75, 3.05) is 12.4 Å². The highest BCUT2D eigenvalue weighted by molar-refractivity contribution is 7.16. The van der Waals surface area contributed by atoms with Gasteiger partial charge in [0.2, 0.25) is 0 Å². The quantitative estimate of drug-likeness (QED) is 0.670. The van der Waals surface area contributed by atoms with E-state index in [0.717, 1.165) is 15.4 Å². The van der Waals surface area contributed by atoms with Gasteiger partial charge >= 0.3 is 5.97 Å². The van der Waals surface area contributed by atoms with Crippen LogP contribution >= 0.6 is 22.7 Å². The molecule has 0 unspecified atom stereocenters. The number of carbonyl (C=O) groups is 2. The van der Waals surface area contributed by atoms with E-state index in [0.29, 0.717) is 10.8 Å². The van der Waals surface area contributed by atoms with E-state index in [4.69, 9.17) is 4.74 Å². The van der Waals surface area contributed by atoms with Gasteiger partial charge in [-0.1, -0.05) is 19.9 Å². The monoisotopic (exact) mass is 390 g/mol. The maximum absolute atomic E-state index is 12.6. The number of anilines is 1. The number of thiophene rings is 1. The Morgan fingerprint density at radius 1 is 1.35 bits per heavy atom. The van der Waals surface area contributed by atoms with Gasteiger partial charge in [-0.2, -0.15) is 5.10 Å². The molecule has 3 heterocycles. The van der Waals surface area contributed by atoms with Crippen LogP contribution in [0.2, 0.25) is 0 Å². The number of aryl methyl sites for hydroxylation is 1. The minimum absolute atomic E-state index is 0.0920. The molecule has 3 aromatic heterocycles. The Hall–Kier alpha value is -2.52. The molecule has 1 amide bonds. The third-order valence-electron chi connectivity index (χ3n) is 3.66. The van der Waals surface area contributed by atoms with E-state index in [2.05, 4.69) is 15.4 Å². The fraction of sp³-hybridized carbons (Fsp3) is 0.294. The predicted molar refractivity (Wildman–Crippen MR) is 102 cm³/mol. The molecule has 0 fully saturated rings. The number of nitrogens with one attached hydrogen (secondary N) is 1. The Morgan fingerprint density at radius 2 is 2.12 bits per heavy atom. The van der Waals surface area contributed by atoms with Gasteiger partial charge in [0, 0.05) is 11.9 Å². The SMILES string of the molecule is COC(=O)c1nc(NC(=O)c2cc(-c3cccs3)nn2C)sc1C(C)C. The Balaban J connectivity index is 1.86. The maximum atomic E-state index is 12.6. The first-order valence-electron chi connectivity index (χ1n) is 7.89. The summed E-state index contributed by atoms with van der Waals surface area (Å²) in [5, 5.41) is 9.46. The van der Waals surface area contributed by atoms with Crippen LogP contribution < -0.4 is 5.32 Å². The molecule has 0 aliphatic rings. The Morgan fingerprint density at radius 3 is 2.73 bits per heavy atom. The summed E-state index contributed by atoms with van der Waals surface area (Å²) in [5.41, 5.74) is 1.39. The molecule has 136 valence electrons. The van der Waals surface area contributed by atoms with Crippen LogP contribution in [-0.2, 0) is 11.8 Å². The molecular weight excluding hydrogens is 372 g/mol. The van der Waals surface area contributed by atoms with Crippen LogP contribution in [0.3, 0.4) is 0 Å². The lowest BCUT2D eigenvalue weighted by atomic mass is 10.1. The number of hydrogen-bond acceptors (Lipinski definition) is 7. The normalized spacial score (nSPS) is 11.0. The van der Waals surface area contributed by atoms with E-state index in [1.165, 1.54) is 23.1 Å². The number of hydrogen-bond donors (Lipinski definition) is 1. The molecule has 0 radical (unpaired) electrons. The highest BCUT2D eigenvalue weighted by Gasteiger charge is 2.23. The fourth-order valence-corrected chi connectivity index (χ4v) is 4.04. The standard InChI is InChI=1S/C17H18N4O3S2/c1-9(2)14-13(16(23)24-4)18-17(26-14)19-15(22)11-8-10(20-21(11)3)12-6-5-7-25-12/h5-9H,1-4H3,(H,18,19,22). The molecule has 3 aromatic rings. The van der Waals surface area contributed by atoms with E-state index < -0.39 is 5.97 Å². The number of thiazole rings is 1. The molecule has 0 aliphatic heterocycles. The van der Waals surface area contributed by atoms with Gasteiger partial charge < -0.3 is 4.74 Å². The zero-order valence-corrected chi connectivity index (χ0v) is 16.4. The number of ether oxygens (including phenoxy) is 1. The minimum Gasteiger partial charge on any atom is -0.464 e. The molecule has 0 bridgehead atoms. The summed E-state index contributed by atoms with van der Waals surface area (Å²) in [6, 6.07) is 5.62. The largest absolute Gasteiger partial charge is 0.464 e. The van der Waals surface area contributed by atoms with Crippen LogP contribution in [-0.4, -0.2) is 33.8 Å². The van der Waals surface area contributed by atoms with Crippen molar-refractivity contribution in [2.24, 2.45) is 7.05 Å². The van der Waals surface area contributed by atoms with Crippen molar-refractivity contribution in [1.82, 2.24) is 14.8 Å². The summed E-state index contributed by atoms with van der Waals surface area (Å²) in [5.74, 6) is -0.747. The first-order chi connectivity index (χ1) is 12.4. The number of nitrogens with zero attached hydrogens (tertiary/aromatic N) is 3. The van der Waals surface area contributed by atoms with Gasteiger partial charge in [-0.3, -0.25) is 14.8 Å². The molecule has 3 rings (SSSR count). The fourth-order valence-electron chi connectivity index (χ4n) is 2.41. The average Bonchev–Trinajstić information content (AvgIpc) is 3.32. The lowest BCUT2D eigenvalue weighted by molar-refractivity contribution is 0.0593.